The Hall–Kier alpha value is -3.46. The first-order valence-corrected chi connectivity index (χ1v) is 9.62. The Kier molecular flexibility index (Phi) is 6.63. The molecule has 0 radical (unpaired) electrons. The van der Waals surface area contributed by atoms with Crippen molar-refractivity contribution in [3.05, 3.63) is 64.7 Å². The van der Waals surface area contributed by atoms with Gasteiger partial charge in [-0.25, -0.2) is 4.79 Å². The minimum Gasteiger partial charge on any atom is -0.490 e. The third kappa shape index (κ3) is 5.12. The van der Waals surface area contributed by atoms with Gasteiger partial charge in [-0.1, -0.05) is 18.2 Å². The first kappa shape index (κ1) is 21.3. The summed E-state index contributed by atoms with van der Waals surface area (Å²) in [5.74, 6) is -1.08. The Labute approximate surface area is 178 Å². The lowest BCUT2D eigenvalue weighted by atomic mass is 10.1. The summed E-state index contributed by atoms with van der Waals surface area (Å²) < 4.78 is 11.4. The number of amides is 2. The van der Waals surface area contributed by atoms with Crippen LogP contribution >= 0.6 is 12.6 Å². The Balaban J connectivity index is 1.78. The molecule has 0 unspecified atom stereocenters. The van der Waals surface area contributed by atoms with E-state index in [2.05, 4.69) is 23.3 Å². The van der Waals surface area contributed by atoms with Crippen LogP contribution < -0.4 is 20.1 Å². The standard InChI is InChI=1S/C21H20N2O6S/c1-2-28-17-10-13(9-15-18(24)22-21(30)23-19(15)25)5-8-16(17)29-11-12-3-6-14(7-4-12)20(26)27/h3-10,21,30H,2,11H2,1H3,(H,22,24)(H,23,25)(H,26,27). The fourth-order valence-electron chi connectivity index (χ4n) is 2.75. The molecule has 3 rings (SSSR count). The smallest absolute Gasteiger partial charge is 0.335 e. The van der Waals surface area contributed by atoms with Gasteiger partial charge < -0.3 is 25.2 Å². The number of hydrogen-bond acceptors (Lipinski definition) is 6. The summed E-state index contributed by atoms with van der Waals surface area (Å²) in [5, 5.41) is 14.0. The highest BCUT2D eigenvalue weighted by Gasteiger charge is 2.27. The molecule has 0 spiro atoms. The predicted molar refractivity (Wildman–Crippen MR) is 112 cm³/mol. The van der Waals surface area contributed by atoms with Crippen molar-refractivity contribution < 1.29 is 29.0 Å². The Morgan fingerprint density at radius 3 is 2.33 bits per heavy atom. The quantitative estimate of drug-likeness (QED) is 0.305. The molecule has 0 bridgehead atoms. The molecule has 1 heterocycles. The van der Waals surface area contributed by atoms with E-state index < -0.39 is 23.3 Å². The molecule has 0 saturated carbocycles. The van der Waals surface area contributed by atoms with Crippen LogP contribution in [0.5, 0.6) is 11.5 Å². The van der Waals surface area contributed by atoms with E-state index >= 15 is 0 Å². The maximum atomic E-state index is 12.0. The topological polar surface area (TPSA) is 114 Å². The van der Waals surface area contributed by atoms with Crippen molar-refractivity contribution in [3.8, 4) is 11.5 Å². The Morgan fingerprint density at radius 1 is 1.07 bits per heavy atom. The van der Waals surface area contributed by atoms with Crippen LogP contribution in [0.4, 0.5) is 0 Å². The third-order valence-corrected chi connectivity index (χ3v) is 4.46. The van der Waals surface area contributed by atoms with Gasteiger partial charge in [0.25, 0.3) is 11.8 Å². The minimum atomic E-state index is -0.990. The van der Waals surface area contributed by atoms with E-state index in [1.54, 1.807) is 30.3 Å². The van der Waals surface area contributed by atoms with Crippen LogP contribution in [0.2, 0.25) is 0 Å². The lowest BCUT2D eigenvalue weighted by Crippen LogP contribution is -2.52. The van der Waals surface area contributed by atoms with Gasteiger partial charge in [0.15, 0.2) is 11.5 Å². The van der Waals surface area contributed by atoms with E-state index in [0.29, 0.717) is 23.7 Å². The van der Waals surface area contributed by atoms with E-state index in [1.807, 2.05) is 6.92 Å². The fourth-order valence-corrected chi connectivity index (χ4v) is 2.98. The van der Waals surface area contributed by atoms with Crippen molar-refractivity contribution >= 4 is 36.5 Å². The normalized spacial score (nSPS) is 15.8. The number of ether oxygens (including phenoxy) is 2. The van der Waals surface area contributed by atoms with Gasteiger partial charge in [0.05, 0.1) is 12.2 Å². The molecule has 3 N–H and O–H groups in total. The molecule has 2 amide bonds. The summed E-state index contributed by atoms with van der Waals surface area (Å²) in [6.07, 6.45) is 1.46. The average Bonchev–Trinajstić information content (AvgIpc) is 2.70. The molecule has 0 atom stereocenters. The molecule has 156 valence electrons. The molecule has 2 aromatic carbocycles. The lowest BCUT2D eigenvalue weighted by Gasteiger charge is -2.22. The molecule has 1 aliphatic heterocycles. The molecule has 8 nitrogen and oxygen atoms in total. The number of nitrogens with one attached hydrogen (secondary N) is 2. The van der Waals surface area contributed by atoms with Crippen molar-refractivity contribution in [3.63, 3.8) is 0 Å². The number of rotatable bonds is 7. The van der Waals surface area contributed by atoms with Crippen LogP contribution in [0.25, 0.3) is 6.08 Å². The number of thiol groups is 1. The van der Waals surface area contributed by atoms with Gasteiger partial charge in [-0.2, -0.15) is 0 Å². The van der Waals surface area contributed by atoms with Gasteiger partial charge in [-0.15, -0.1) is 12.6 Å². The summed E-state index contributed by atoms with van der Waals surface area (Å²) in [6, 6.07) is 11.4. The third-order valence-electron chi connectivity index (χ3n) is 4.20. The minimum absolute atomic E-state index is 0.0325. The molecule has 9 heteroatoms. The maximum absolute atomic E-state index is 12.0. The fraction of sp³-hybridized carbons (Fsp3) is 0.190. The molecule has 1 fully saturated rings. The largest absolute Gasteiger partial charge is 0.490 e. The first-order valence-electron chi connectivity index (χ1n) is 9.10. The second kappa shape index (κ2) is 9.36. The van der Waals surface area contributed by atoms with E-state index in [9.17, 15) is 14.4 Å². The van der Waals surface area contributed by atoms with Crippen LogP contribution in [-0.2, 0) is 16.2 Å². The maximum Gasteiger partial charge on any atom is 0.335 e. The average molecular weight is 428 g/mol. The summed E-state index contributed by atoms with van der Waals surface area (Å²) in [6.45, 7) is 2.44. The van der Waals surface area contributed by atoms with Crippen molar-refractivity contribution in [2.45, 2.75) is 19.0 Å². The van der Waals surface area contributed by atoms with Crippen molar-refractivity contribution in [1.29, 1.82) is 0 Å². The summed E-state index contributed by atoms with van der Waals surface area (Å²) in [4.78, 5) is 35.0. The number of hydrogen-bond donors (Lipinski definition) is 4. The highest BCUT2D eigenvalue weighted by molar-refractivity contribution is 7.80. The number of carboxylic acids is 1. The lowest BCUT2D eigenvalue weighted by molar-refractivity contribution is -0.126. The van der Waals surface area contributed by atoms with Crippen molar-refractivity contribution in [2.75, 3.05) is 6.61 Å². The van der Waals surface area contributed by atoms with Gasteiger partial charge in [0.1, 0.15) is 17.7 Å². The monoisotopic (exact) mass is 428 g/mol. The van der Waals surface area contributed by atoms with Crippen LogP contribution in [-0.4, -0.2) is 35.0 Å². The van der Waals surface area contributed by atoms with Crippen molar-refractivity contribution in [2.24, 2.45) is 0 Å². The molecular formula is C21H20N2O6S. The zero-order valence-electron chi connectivity index (χ0n) is 16.0. The highest BCUT2D eigenvalue weighted by Crippen LogP contribution is 2.30. The number of aromatic carboxylic acids is 1. The van der Waals surface area contributed by atoms with Crippen LogP contribution in [0, 0.1) is 0 Å². The van der Waals surface area contributed by atoms with Crippen molar-refractivity contribution in [1.82, 2.24) is 10.6 Å². The zero-order valence-corrected chi connectivity index (χ0v) is 16.9. The molecular weight excluding hydrogens is 408 g/mol. The number of carboxylic acid groups (broad SMARTS) is 1. The molecule has 30 heavy (non-hydrogen) atoms. The van der Waals surface area contributed by atoms with Crippen LogP contribution in [0.15, 0.2) is 48.0 Å². The van der Waals surface area contributed by atoms with Crippen LogP contribution in [0.1, 0.15) is 28.4 Å². The van der Waals surface area contributed by atoms with E-state index in [4.69, 9.17) is 14.6 Å². The van der Waals surface area contributed by atoms with Gasteiger partial charge >= 0.3 is 5.97 Å². The summed E-state index contributed by atoms with van der Waals surface area (Å²) >= 11 is 4.02. The molecule has 0 aliphatic carbocycles. The second-order valence-electron chi connectivity index (χ2n) is 6.34. The number of carbonyl (C=O) groups is 3. The molecule has 2 aromatic rings. The second-order valence-corrected chi connectivity index (χ2v) is 6.85. The summed E-state index contributed by atoms with van der Waals surface area (Å²) in [5.41, 5.74) is 0.836. The SMILES string of the molecule is CCOc1cc(C=C2C(=O)NC(S)NC2=O)ccc1OCc1ccc(C(=O)O)cc1. The highest BCUT2D eigenvalue weighted by atomic mass is 32.1. The van der Waals surface area contributed by atoms with Gasteiger partial charge in [-0.3, -0.25) is 9.59 Å². The van der Waals surface area contributed by atoms with Gasteiger partial charge in [-0.05, 0) is 48.4 Å². The van der Waals surface area contributed by atoms with E-state index in [-0.39, 0.29) is 17.7 Å². The zero-order chi connectivity index (χ0) is 21.7. The van der Waals surface area contributed by atoms with Crippen LogP contribution in [0.3, 0.4) is 0 Å². The Morgan fingerprint density at radius 2 is 1.73 bits per heavy atom. The van der Waals surface area contributed by atoms with E-state index in [1.165, 1.54) is 18.2 Å². The Bertz CT molecular complexity index is 983. The predicted octanol–water partition coefficient (Wildman–Crippen LogP) is 2.21. The molecule has 0 aromatic heterocycles. The summed E-state index contributed by atoms with van der Waals surface area (Å²) in [7, 11) is 0. The number of carbonyl (C=O) groups excluding carboxylic acids is 2. The molecule has 1 saturated heterocycles. The molecule has 1 aliphatic rings. The van der Waals surface area contributed by atoms with Gasteiger partial charge in [0.2, 0.25) is 0 Å². The number of benzene rings is 2. The van der Waals surface area contributed by atoms with Gasteiger partial charge in [0, 0.05) is 0 Å². The van der Waals surface area contributed by atoms with E-state index in [0.717, 1.165) is 5.56 Å². The first-order chi connectivity index (χ1) is 14.4.